The summed E-state index contributed by atoms with van der Waals surface area (Å²) >= 11 is 0. The fourth-order valence-corrected chi connectivity index (χ4v) is 4.07. The Balaban J connectivity index is 0.00000120. The molecule has 2 bridgehead atoms. The maximum absolute atomic E-state index is 3.52. The SMILES string of the molecule is CN1C2CCC1CN(CC1(C)CCNC1)CC2.Cl. The van der Waals surface area contributed by atoms with Crippen LogP contribution in [-0.4, -0.2) is 61.7 Å². The van der Waals surface area contributed by atoms with Crippen molar-refractivity contribution in [3.63, 3.8) is 0 Å². The molecule has 3 heterocycles. The van der Waals surface area contributed by atoms with Gasteiger partial charge in [-0.3, -0.25) is 4.90 Å². The van der Waals surface area contributed by atoms with E-state index in [-0.39, 0.29) is 12.4 Å². The van der Waals surface area contributed by atoms with E-state index in [1.54, 1.807) is 0 Å². The Morgan fingerprint density at radius 1 is 1.22 bits per heavy atom. The van der Waals surface area contributed by atoms with Gasteiger partial charge in [0.2, 0.25) is 0 Å². The molecule has 0 saturated carbocycles. The van der Waals surface area contributed by atoms with E-state index in [0.29, 0.717) is 5.41 Å². The third-order valence-electron chi connectivity index (χ3n) is 5.29. The standard InChI is InChI=1S/C14H27N3.ClH/c1-14(6-7-15-10-14)11-17-8-5-12-3-4-13(9-17)16(12)2;/h12-13,15H,3-11H2,1-2H3;1H. The number of halogens is 1. The first-order valence-corrected chi connectivity index (χ1v) is 7.31. The maximum atomic E-state index is 3.52. The van der Waals surface area contributed by atoms with E-state index in [4.69, 9.17) is 0 Å². The summed E-state index contributed by atoms with van der Waals surface area (Å²) in [4.78, 5) is 5.39. The van der Waals surface area contributed by atoms with Crippen molar-refractivity contribution < 1.29 is 0 Å². The van der Waals surface area contributed by atoms with Crippen molar-refractivity contribution in [3.8, 4) is 0 Å². The predicted octanol–water partition coefficient (Wildman–Crippen LogP) is 1.58. The lowest BCUT2D eigenvalue weighted by Gasteiger charge is -2.33. The Morgan fingerprint density at radius 2 is 2.00 bits per heavy atom. The Kier molecular flexibility index (Phi) is 4.58. The zero-order valence-electron chi connectivity index (χ0n) is 11.8. The van der Waals surface area contributed by atoms with Gasteiger partial charge >= 0.3 is 0 Å². The minimum absolute atomic E-state index is 0. The third kappa shape index (κ3) is 2.84. The molecule has 0 spiro atoms. The van der Waals surface area contributed by atoms with E-state index in [0.717, 1.165) is 12.1 Å². The van der Waals surface area contributed by atoms with Gasteiger partial charge < -0.3 is 10.2 Å². The quantitative estimate of drug-likeness (QED) is 0.824. The number of likely N-dealkylation sites (N-methyl/N-ethyl adjacent to an activating group) is 1. The molecule has 4 heteroatoms. The van der Waals surface area contributed by atoms with Gasteiger partial charge in [-0.1, -0.05) is 6.92 Å². The highest BCUT2D eigenvalue weighted by Crippen LogP contribution is 2.31. The first kappa shape index (κ1) is 14.6. The normalized spacial score (nSPS) is 41.7. The van der Waals surface area contributed by atoms with E-state index < -0.39 is 0 Å². The molecule has 3 rings (SSSR count). The highest BCUT2D eigenvalue weighted by Gasteiger charge is 2.37. The fourth-order valence-electron chi connectivity index (χ4n) is 4.07. The van der Waals surface area contributed by atoms with E-state index in [1.807, 2.05) is 0 Å². The van der Waals surface area contributed by atoms with Gasteiger partial charge in [0.05, 0.1) is 0 Å². The number of rotatable bonds is 2. The second-order valence-electron chi connectivity index (χ2n) is 6.81. The molecule has 0 aromatic carbocycles. The lowest BCUT2D eigenvalue weighted by atomic mass is 9.89. The molecule has 0 radical (unpaired) electrons. The minimum atomic E-state index is 0. The van der Waals surface area contributed by atoms with Crippen molar-refractivity contribution in [1.82, 2.24) is 15.1 Å². The van der Waals surface area contributed by atoms with Crippen molar-refractivity contribution in [3.05, 3.63) is 0 Å². The second kappa shape index (κ2) is 5.66. The summed E-state index contributed by atoms with van der Waals surface area (Å²) in [7, 11) is 2.34. The third-order valence-corrected chi connectivity index (χ3v) is 5.29. The maximum Gasteiger partial charge on any atom is 0.0223 e. The van der Waals surface area contributed by atoms with Crippen LogP contribution in [0.2, 0.25) is 0 Å². The van der Waals surface area contributed by atoms with Crippen LogP contribution < -0.4 is 5.32 Å². The summed E-state index contributed by atoms with van der Waals surface area (Å²) < 4.78 is 0. The van der Waals surface area contributed by atoms with Crippen LogP contribution >= 0.6 is 12.4 Å². The average Bonchev–Trinajstić information content (AvgIpc) is 2.78. The van der Waals surface area contributed by atoms with Crippen molar-refractivity contribution in [2.75, 3.05) is 39.8 Å². The van der Waals surface area contributed by atoms with Gasteiger partial charge in [0, 0.05) is 31.7 Å². The molecule has 0 amide bonds. The molecule has 18 heavy (non-hydrogen) atoms. The lowest BCUT2D eigenvalue weighted by molar-refractivity contribution is 0.160. The molecule has 0 aromatic rings. The molecule has 1 N–H and O–H groups in total. The lowest BCUT2D eigenvalue weighted by Crippen LogP contribution is -2.42. The largest absolute Gasteiger partial charge is 0.316 e. The Hall–Kier alpha value is 0.170. The monoisotopic (exact) mass is 273 g/mol. The molecule has 0 aromatic heterocycles. The van der Waals surface area contributed by atoms with E-state index in [9.17, 15) is 0 Å². The molecule has 3 nitrogen and oxygen atoms in total. The summed E-state index contributed by atoms with van der Waals surface area (Å²) in [5, 5.41) is 3.52. The molecular weight excluding hydrogens is 246 g/mol. The van der Waals surface area contributed by atoms with E-state index in [2.05, 4.69) is 29.1 Å². The summed E-state index contributed by atoms with van der Waals surface area (Å²) in [6.45, 7) is 8.82. The second-order valence-corrected chi connectivity index (χ2v) is 6.81. The molecule has 0 aliphatic carbocycles. The zero-order chi connectivity index (χ0) is 11.9. The summed E-state index contributed by atoms with van der Waals surface area (Å²) in [6, 6.07) is 1.71. The molecule has 3 aliphatic heterocycles. The Morgan fingerprint density at radius 3 is 2.72 bits per heavy atom. The fraction of sp³-hybridized carbons (Fsp3) is 1.00. The number of nitrogens with one attached hydrogen (secondary N) is 1. The van der Waals surface area contributed by atoms with Crippen molar-refractivity contribution in [1.29, 1.82) is 0 Å². The van der Waals surface area contributed by atoms with Crippen LogP contribution in [0.25, 0.3) is 0 Å². The molecule has 3 fully saturated rings. The molecule has 3 atom stereocenters. The number of hydrogen-bond donors (Lipinski definition) is 1. The van der Waals surface area contributed by atoms with Gasteiger partial charge in [0.15, 0.2) is 0 Å². The molecule has 106 valence electrons. The minimum Gasteiger partial charge on any atom is -0.316 e. The van der Waals surface area contributed by atoms with Crippen LogP contribution in [0.15, 0.2) is 0 Å². The van der Waals surface area contributed by atoms with Gasteiger partial charge in [-0.05, 0) is 51.2 Å². The van der Waals surface area contributed by atoms with Crippen molar-refractivity contribution in [2.45, 2.75) is 44.7 Å². The van der Waals surface area contributed by atoms with Crippen LogP contribution in [0.3, 0.4) is 0 Å². The molecule has 3 unspecified atom stereocenters. The summed E-state index contributed by atoms with van der Waals surface area (Å²) in [6.07, 6.45) is 5.60. The predicted molar refractivity (Wildman–Crippen MR) is 78.5 cm³/mol. The smallest absolute Gasteiger partial charge is 0.0223 e. The molecular formula is C14H28ClN3. The van der Waals surface area contributed by atoms with Crippen LogP contribution in [-0.2, 0) is 0 Å². The summed E-state index contributed by atoms with van der Waals surface area (Å²) in [5.41, 5.74) is 0.530. The molecule has 3 aliphatic rings. The van der Waals surface area contributed by atoms with Gasteiger partial charge in [0.1, 0.15) is 0 Å². The number of fused-ring (bicyclic) bond motifs is 2. The van der Waals surface area contributed by atoms with Crippen LogP contribution in [0.1, 0.15) is 32.6 Å². The van der Waals surface area contributed by atoms with Crippen LogP contribution in [0.4, 0.5) is 0 Å². The van der Waals surface area contributed by atoms with Gasteiger partial charge in [-0.15, -0.1) is 12.4 Å². The summed E-state index contributed by atoms with van der Waals surface area (Å²) in [5.74, 6) is 0. The topological polar surface area (TPSA) is 18.5 Å². The van der Waals surface area contributed by atoms with Gasteiger partial charge in [-0.25, -0.2) is 0 Å². The van der Waals surface area contributed by atoms with E-state index >= 15 is 0 Å². The highest BCUT2D eigenvalue weighted by molar-refractivity contribution is 5.85. The first-order chi connectivity index (χ1) is 8.16. The Labute approximate surface area is 118 Å². The average molecular weight is 274 g/mol. The number of hydrogen-bond acceptors (Lipinski definition) is 3. The highest BCUT2D eigenvalue weighted by atomic mass is 35.5. The van der Waals surface area contributed by atoms with Crippen molar-refractivity contribution in [2.24, 2.45) is 5.41 Å². The van der Waals surface area contributed by atoms with E-state index in [1.165, 1.54) is 58.4 Å². The first-order valence-electron chi connectivity index (χ1n) is 7.31. The van der Waals surface area contributed by atoms with Crippen LogP contribution in [0, 0.1) is 5.41 Å². The van der Waals surface area contributed by atoms with Crippen LogP contribution in [0.5, 0.6) is 0 Å². The number of nitrogens with zero attached hydrogens (tertiary/aromatic N) is 2. The number of likely N-dealkylation sites (tertiary alicyclic amines) is 1. The Bertz CT molecular complexity index is 278. The molecule has 3 saturated heterocycles. The van der Waals surface area contributed by atoms with Crippen molar-refractivity contribution >= 4 is 12.4 Å². The van der Waals surface area contributed by atoms with Gasteiger partial charge in [-0.2, -0.15) is 0 Å². The van der Waals surface area contributed by atoms with Gasteiger partial charge in [0.25, 0.3) is 0 Å². The zero-order valence-corrected chi connectivity index (χ0v) is 12.6.